The van der Waals surface area contributed by atoms with Crippen LogP contribution in [0.1, 0.15) is 10.6 Å². The van der Waals surface area contributed by atoms with Crippen molar-refractivity contribution >= 4 is 11.9 Å². The Morgan fingerprint density at radius 1 is 1.08 bits per heavy atom. The molecule has 0 fully saturated rings. The molecule has 0 unspecified atom stereocenters. The van der Waals surface area contributed by atoms with Gasteiger partial charge in [-0.25, -0.2) is 14.1 Å². The van der Waals surface area contributed by atoms with Gasteiger partial charge in [-0.2, -0.15) is 0 Å². The van der Waals surface area contributed by atoms with Crippen molar-refractivity contribution in [2.75, 3.05) is 6.54 Å². The average molecular weight is 340 g/mol. The van der Waals surface area contributed by atoms with Gasteiger partial charge in [-0.3, -0.25) is 9.59 Å². The van der Waals surface area contributed by atoms with Crippen molar-refractivity contribution < 1.29 is 19.1 Å². The molecule has 1 amide bonds. The molecule has 0 atom stereocenters. The summed E-state index contributed by atoms with van der Waals surface area (Å²) in [6.45, 7) is -0.537. The predicted octanol–water partition coefficient (Wildman–Crippen LogP) is 1.89. The van der Waals surface area contributed by atoms with Crippen LogP contribution in [0.3, 0.4) is 0 Å². The maximum atomic E-state index is 13.2. The van der Waals surface area contributed by atoms with Gasteiger partial charge in [0.1, 0.15) is 12.4 Å². The van der Waals surface area contributed by atoms with Crippen molar-refractivity contribution in [3.05, 3.63) is 66.2 Å². The van der Waals surface area contributed by atoms with Crippen molar-refractivity contribution in [1.29, 1.82) is 0 Å². The lowest BCUT2D eigenvalue weighted by atomic mass is 10.2. The fourth-order valence-corrected chi connectivity index (χ4v) is 2.18. The number of aromatic nitrogens is 3. The molecule has 0 spiro atoms. The smallest absolute Gasteiger partial charge is 0.322 e. The van der Waals surface area contributed by atoms with Crippen molar-refractivity contribution in [2.45, 2.75) is 0 Å². The van der Waals surface area contributed by atoms with Gasteiger partial charge < -0.3 is 10.4 Å². The van der Waals surface area contributed by atoms with E-state index in [0.717, 1.165) is 0 Å². The highest BCUT2D eigenvalue weighted by molar-refractivity contribution is 5.92. The molecule has 2 aromatic carbocycles. The van der Waals surface area contributed by atoms with E-state index >= 15 is 0 Å². The quantitative estimate of drug-likeness (QED) is 0.739. The van der Waals surface area contributed by atoms with Gasteiger partial charge in [0.15, 0.2) is 5.82 Å². The number of carboxylic acid groups (broad SMARTS) is 1. The van der Waals surface area contributed by atoms with E-state index < -0.39 is 24.2 Å². The summed E-state index contributed by atoms with van der Waals surface area (Å²) >= 11 is 0. The van der Waals surface area contributed by atoms with Gasteiger partial charge in [-0.05, 0) is 24.3 Å². The number of amides is 1. The van der Waals surface area contributed by atoms with Gasteiger partial charge in [0.2, 0.25) is 5.82 Å². The highest BCUT2D eigenvalue weighted by Crippen LogP contribution is 2.21. The normalized spacial score (nSPS) is 10.4. The number of aliphatic carboxylic acids is 1. The van der Waals surface area contributed by atoms with E-state index in [-0.39, 0.29) is 5.82 Å². The van der Waals surface area contributed by atoms with Gasteiger partial charge in [0.25, 0.3) is 5.91 Å². The number of nitrogens with one attached hydrogen (secondary N) is 1. The largest absolute Gasteiger partial charge is 0.480 e. The third-order valence-electron chi connectivity index (χ3n) is 3.31. The Balaban J connectivity index is 2.04. The second-order valence-corrected chi connectivity index (χ2v) is 5.09. The third kappa shape index (κ3) is 3.69. The lowest BCUT2D eigenvalue weighted by molar-refractivity contribution is -0.135. The van der Waals surface area contributed by atoms with Crippen LogP contribution in [-0.2, 0) is 4.79 Å². The summed E-state index contributed by atoms with van der Waals surface area (Å²) in [6.07, 6.45) is 0. The minimum absolute atomic E-state index is 0.176. The van der Waals surface area contributed by atoms with Gasteiger partial charge in [0, 0.05) is 5.56 Å². The minimum atomic E-state index is -1.17. The monoisotopic (exact) mass is 340 g/mol. The first-order valence-electron chi connectivity index (χ1n) is 7.33. The molecule has 0 saturated carbocycles. The Kier molecular flexibility index (Phi) is 4.51. The van der Waals surface area contributed by atoms with Crippen LogP contribution in [0.25, 0.3) is 17.1 Å². The number of hydrogen-bond acceptors (Lipinski definition) is 4. The molecular weight excluding hydrogens is 327 g/mol. The Morgan fingerprint density at radius 2 is 1.76 bits per heavy atom. The molecule has 3 rings (SSSR count). The molecule has 126 valence electrons. The van der Waals surface area contributed by atoms with Crippen molar-refractivity contribution in [3.63, 3.8) is 0 Å². The van der Waals surface area contributed by atoms with Crippen molar-refractivity contribution in [3.8, 4) is 17.1 Å². The number of carbonyl (C=O) groups excluding carboxylic acids is 1. The molecule has 0 aliphatic rings. The van der Waals surface area contributed by atoms with E-state index in [1.54, 1.807) is 12.1 Å². The summed E-state index contributed by atoms with van der Waals surface area (Å²) < 4.78 is 14.6. The number of benzene rings is 2. The SMILES string of the molecule is O=C(O)CNC(=O)c1nc(-c2ccccc2)n(-c2ccc(F)cc2)n1. The molecule has 1 heterocycles. The van der Waals surface area contributed by atoms with E-state index in [4.69, 9.17) is 5.11 Å². The Morgan fingerprint density at radius 3 is 2.40 bits per heavy atom. The lowest BCUT2D eigenvalue weighted by Gasteiger charge is -2.05. The third-order valence-corrected chi connectivity index (χ3v) is 3.31. The zero-order chi connectivity index (χ0) is 17.8. The van der Waals surface area contributed by atoms with E-state index in [0.29, 0.717) is 17.1 Å². The number of hydrogen-bond donors (Lipinski definition) is 2. The number of halogens is 1. The first-order chi connectivity index (χ1) is 12.0. The molecule has 0 aliphatic carbocycles. The molecule has 8 heteroatoms. The summed E-state index contributed by atoms with van der Waals surface area (Å²) in [5.74, 6) is -2.07. The second-order valence-electron chi connectivity index (χ2n) is 5.09. The van der Waals surface area contributed by atoms with Gasteiger partial charge >= 0.3 is 5.97 Å². The number of rotatable bonds is 5. The highest BCUT2D eigenvalue weighted by Gasteiger charge is 2.19. The van der Waals surface area contributed by atoms with Crippen LogP contribution in [0.2, 0.25) is 0 Å². The van der Waals surface area contributed by atoms with Crippen LogP contribution < -0.4 is 5.32 Å². The Bertz CT molecular complexity index is 907. The summed E-state index contributed by atoms with van der Waals surface area (Å²) in [4.78, 5) is 26.9. The van der Waals surface area contributed by atoms with Crippen LogP contribution >= 0.6 is 0 Å². The first kappa shape index (κ1) is 16.3. The molecule has 0 bridgehead atoms. The number of carboxylic acids is 1. The molecule has 0 saturated heterocycles. The average Bonchev–Trinajstić information content (AvgIpc) is 3.06. The number of carbonyl (C=O) groups is 2. The maximum absolute atomic E-state index is 13.2. The fraction of sp³-hybridized carbons (Fsp3) is 0.0588. The van der Waals surface area contributed by atoms with E-state index in [1.165, 1.54) is 28.9 Å². The molecule has 25 heavy (non-hydrogen) atoms. The van der Waals surface area contributed by atoms with Crippen molar-refractivity contribution in [1.82, 2.24) is 20.1 Å². The second kappa shape index (κ2) is 6.91. The van der Waals surface area contributed by atoms with Gasteiger partial charge in [-0.15, -0.1) is 5.10 Å². The zero-order valence-corrected chi connectivity index (χ0v) is 12.9. The highest BCUT2D eigenvalue weighted by atomic mass is 19.1. The summed E-state index contributed by atoms with van der Waals surface area (Å²) in [7, 11) is 0. The number of nitrogens with zero attached hydrogens (tertiary/aromatic N) is 3. The van der Waals surface area contributed by atoms with E-state index in [2.05, 4.69) is 15.4 Å². The van der Waals surface area contributed by atoms with Gasteiger partial charge in [-0.1, -0.05) is 30.3 Å². The van der Waals surface area contributed by atoms with Gasteiger partial charge in [0.05, 0.1) is 5.69 Å². The molecule has 1 aromatic heterocycles. The molecule has 3 aromatic rings. The zero-order valence-electron chi connectivity index (χ0n) is 12.9. The first-order valence-corrected chi connectivity index (χ1v) is 7.33. The summed E-state index contributed by atoms with van der Waals surface area (Å²) in [5.41, 5.74) is 1.22. The summed E-state index contributed by atoms with van der Waals surface area (Å²) in [5, 5.41) is 15.0. The molecule has 2 N–H and O–H groups in total. The van der Waals surface area contributed by atoms with Crippen LogP contribution in [0, 0.1) is 5.82 Å². The lowest BCUT2D eigenvalue weighted by Crippen LogP contribution is -2.30. The maximum Gasteiger partial charge on any atom is 0.322 e. The van der Waals surface area contributed by atoms with E-state index in [9.17, 15) is 14.0 Å². The Hall–Kier alpha value is -3.55. The predicted molar refractivity (Wildman–Crippen MR) is 86.7 cm³/mol. The van der Waals surface area contributed by atoms with Crippen LogP contribution in [-0.4, -0.2) is 38.3 Å². The fourth-order valence-electron chi connectivity index (χ4n) is 2.18. The Labute approximate surface area is 141 Å². The molecule has 0 aliphatic heterocycles. The topological polar surface area (TPSA) is 97.1 Å². The van der Waals surface area contributed by atoms with Crippen LogP contribution in [0.5, 0.6) is 0 Å². The standard InChI is InChI=1S/C17H13FN4O3/c18-12-6-8-13(9-7-12)22-16(11-4-2-1-3-5-11)20-15(21-22)17(25)19-10-14(23)24/h1-9H,10H2,(H,19,25)(H,23,24). The minimum Gasteiger partial charge on any atom is -0.480 e. The molecule has 7 nitrogen and oxygen atoms in total. The van der Waals surface area contributed by atoms with Crippen LogP contribution in [0.4, 0.5) is 4.39 Å². The summed E-state index contributed by atoms with van der Waals surface area (Å²) in [6, 6.07) is 14.6. The molecular formula is C17H13FN4O3. The van der Waals surface area contributed by atoms with Crippen LogP contribution in [0.15, 0.2) is 54.6 Å². The molecule has 0 radical (unpaired) electrons. The van der Waals surface area contributed by atoms with Crippen molar-refractivity contribution in [2.24, 2.45) is 0 Å². The van der Waals surface area contributed by atoms with E-state index in [1.807, 2.05) is 18.2 Å².